The van der Waals surface area contributed by atoms with Crippen LogP contribution in [0.3, 0.4) is 0 Å². The first-order valence-corrected chi connectivity index (χ1v) is 9.82. The minimum Gasteiger partial charge on any atom is -0.493 e. The van der Waals surface area contributed by atoms with Gasteiger partial charge in [-0.25, -0.2) is 0 Å². The lowest BCUT2D eigenvalue weighted by molar-refractivity contribution is -0.122. The summed E-state index contributed by atoms with van der Waals surface area (Å²) >= 11 is 0. The third-order valence-corrected chi connectivity index (χ3v) is 5.32. The van der Waals surface area contributed by atoms with Crippen molar-refractivity contribution in [3.63, 3.8) is 0 Å². The Labute approximate surface area is 176 Å². The molecular weight excluding hydrogens is 388 g/mol. The van der Waals surface area contributed by atoms with E-state index in [1.165, 1.54) is 5.57 Å². The van der Waals surface area contributed by atoms with Crippen LogP contribution in [-0.2, 0) is 16.0 Å². The molecule has 1 saturated heterocycles. The summed E-state index contributed by atoms with van der Waals surface area (Å²) < 4.78 is 22.5. The molecular formula is C22H28N2O6. The van der Waals surface area contributed by atoms with Crippen LogP contribution in [0.5, 0.6) is 11.5 Å². The number of hydrogen-bond donors (Lipinski definition) is 1. The Hall–Kier alpha value is -2.84. The lowest BCUT2D eigenvalue weighted by Gasteiger charge is -2.23. The largest absolute Gasteiger partial charge is 0.493 e. The number of benzene rings is 1. The molecule has 2 aromatic rings. The van der Waals surface area contributed by atoms with E-state index in [1.54, 1.807) is 14.2 Å². The molecule has 0 spiro atoms. The first-order valence-electron chi connectivity index (χ1n) is 9.82. The molecule has 0 radical (unpaired) electrons. The molecule has 1 aromatic heterocycles. The topological polar surface area (TPSA) is 94.3 Å². The molecule has 0 aliphatic carbocycles. The van der Waals surface area contributed by atoms with Gasteiger partial charge in [-0.3, -0.25) is 9.69 Å². The first-order chi connectivity index (χ1) is 14.6. The van der Waals surface area contributed by atoms with E-state index in [0.717, 1.165) is 54.6 Å². The lowest BCUT2D eigenvalue weighted by atomic mass is 10.0. The Bertz CT molecular complexity index is 878. The molecule has 162 valence electrons. The van der Waals surface area contributed by atoms with Crippen molar-refractivity contribution in [3.05, 3.63) is 46.9 Å². The van der Waals surface area contributed by atoms with Crippen molar-refractivity contribution >= 4 is 12.5 Å². The van der Waals surface area contributed by atoms with Crippen molar-refractivity contribution in [2.75, 3.05) is 40.5 Å². The summed E-state index contributed by atoms with van der Waals surface area (Å²) in [7, 11) is 3.46. The van der Waals surface area contributed by atoms with Gasteiger partial charge in [0.1, 0.15) is 12.4 Å². The number of carbonyl (C=O) groups is 1. The van der Waals surface area contributed by atoms with E-state index < -0.39 is 0 Å². The molecule has 0 bridgehead atoms. The number of methoxy groups -OCH3 is 2. The highest BCUT2D eigenvalue weighted by atomic mass is 16.5. The molecule has 8 heteroatoms. The lowest BCUT2D eigenvalue weighted by Crippen LogP contribution is -2.27. The highest BCUT2D eigenvalue weighted by molar-refractivity contribution is 5.66. The maximum Gasteiger partial charge on any atom is 0.290 e. The number of aryl methyl sites for hydroxylation is 1. The van der Waals surface area contributed by atoms with E-state index in [9.17, 15) is 0 Å². The normalized spacial score (nSPS) is 20.4. The van der Waals surface area contributed by atoms with Crippen molar-refractivity contribution in [2.45, 2.75) is 19.4 Å². The second-order valence-corrected chi connectivity index (χ2v) is 7.44. The maximum atomic E-state index is 8.36. The molecule has 8 nitrogen and oxygen atoms in total. The van der Waals surface area contributed by atoms with Gasteiger partial charge < -0.3 is 23.8 Å². The van der Waals surface area contributed by atoms with Gasteiger partial charge >= 0.3 is 0 Å². The maximum absolute atomic E-state index is 8.36. The summed E-state index contributed by atoms with van der Waals surface area (Å²) in [5.74, 6) is 2.95. The quantitative estimate of drug-likeness (QED) is 0.719. The molecule has 1 N–H and O–H groups in total. The molecule has 1 aromatic carbocycles. The number of rotatable bonds is 6. The number of hydrogen-bond acceptors (Lipinski definition) is 7. The van der Waals surface area contributed by atoms with Gasteiger partial charge in [-0.05, 0) is 24.6 Å². The summed E-state index contributed by atoms with van der Waals surface area (Å²) in [6, 6.07) is 8.00. The van der Waals surface area contributed by atoms with Crippen LogP contribution in [0.2, 0.25) is 0 Å². The minimum atomic E-state index is -0.250. The average Bonchev–Trinajstić information content (AvgIpc) is 3.33. The van der Waals surface area contributed by atoms with Crippen molar-refractivity contribution in [1.29, 1.82) is 0 Å². The highest BCUT2D eigenvalue weighted by Gasteiger charge is 2.34. The van der Waals surface area contributed by atoms with E-state index in [2.05, 4.69) is 22.2 Å². The Morgan fingerprint density at radius 2 is 2.13 bits per heavy atom. The number of likely N-dealkylation sites (tertiary alicyclic amines) is 1. The third kappa shape index (κ3) is 5.20. The van der Waals surface area contributed by atoms with Crippen LogP contribution in [0, 0.1) is 12.8 Å². The summed E-state index contributed by atoms with van der Waals surface area (Å²) in [5, 5.41) is 10.9. The van der Waals surface area contributed by atoms with Crippen molar-refractivity contribution in [2.24, 2.45) is 5.92 Å². The Morgan fingerprint density at radius 3 is 2.80 bits per heavy atom. The highest BCUT2D eigenvalue weighted by Crippen LogP contribution is 2.36. The van der Waals surface area contributed by atoms with Crippen LogP contribution in [0.15, 0.2) is 34.4 Å². The average molecular weight is 416 g/mol. The van der Waals surface area contributed by atoms with Gasteiger partial charge in [-0.2, -0.15) is 0 Å². The third-order valence-electron chi connectivity index (χ3n) is 5.32. The second kappa shape index (κ2) is 10.3. The molecule has 0 amide bonds. The van der Waals surface area contributed by atoms with Gasteiger partial charge in [-0.1, -0.05) is 17.3 Å². The summed E-state index contributed by atoms with van der Waals surface area (Å²) in [6.45, 7) is 5.05. The number of fused-ring (bicyclic) bond motifs is 1. The van der Waals surface area contributed by atoms with E-state index in [1.807, 2.05) is 25.1 Å². The first kappa shape index (κ1) is 21.9. The molecule has 4 rings (SSSR count). The van der Waals surface area contributed by atoms with Gasteiger partial charge in [0, 0.05) is 50.7 Å². The molecule has 2 atom stereocenters. The van der Waals surface area contributed by atoms with E-state index in [0.29, 0.717) is 12.5 Å². The van der Waals surface area contributed by atoms with E-state index in [4.69, 9.17) is 28.6 Å². The van der Waals surface area contributed by atoms with Gasteiger partial charge in [0.05, 0.1) is 18.9 Å². The van der Waals surface area contributed by atoms with Gasteiger partial charge in [0.2, 0.25) is 0 Å². The van der Waals surface area contributed by atoms with Gasteiger partial charge in [-0.15, -0.1) is 0 Å². The number of aromatic nitrogens is 1. The van der Waals surface area contributed by atoms with Gasteiger partial charge in [0.25, 0.3) is 6.47 Å². The fraction of sp³-hybridized carbons (Fsp3) is 0.455. The fourth-order valence-corrected chi connectivity index (χ4v) is 4.06. The minimum absolute atomic E-state index is 0.202. The zero-order valence-corrected chi connectivity index (χ0v) is 17.5. The van der Waals surface area contributed by atoms with E-state index >= 15 is 0 Å². The summed E-state index contributed by atoms with van der Waals surface area (Å²) in [5.41, 5.74) is 3.26. The van der Waals surface area contributed by atoms with Crippen LogP contribution in [0.1, 0.15) is 17.0 Å². The molecule has 1 fully saturated rings. The van der Waals surface area contributed by atoms with Crippen molar-refractivity contribution in [1.82, 2.24) is 10.1 Å². The fourth-order valence-electron chi connectivity index (χ4n) is 4.06. The standard InChI is InChI=1S/C21H26N2O4.CH2O2/c1-14-7-18(27-22-14)9-17-11-23(12-20(17)25-3)10-15-8-16-5-4-6-19(24-2)21(16)26-13-15;2-1-3/h4-8,17,20H,9-13H2,1-3H3;1H,(H,2,3)/t17-,20+;/m1./s1. The molecule has 2 aliphatic heterocycles. The number of carboxylic acid groups (broad SMARTS) is 1. The van der Waals surface area contributed by atoms with Crippen molar-refractivity contribution < 1.29 is 28.6 Å². The molecule has 30 heavy (non-hydrogen) atoms. The zero-order valence-electron chi connectivity index (χ0n) is 17.5. The number of ether oxygens (including phenoxy) is 3. The molecule has 2 aliphatic rings. The Morgan fingerprint density at radius 1 is 1.33 bits per heavy atom. The van der Waals surface area contributed by atoms with Crippen molar-refractivity contribution in [3.8, 4) is 11.5 Å². The van der Waals surface area contributed by atoms with Gasteiger partial charge in [0.15, 0.2) is 11.5 Å². The van der Waals surface area contributed by atoms with Crippen LogP contribution in [0.4, 0.5) is 0 Å². The number of para-hydroxylation sites is 1. The molecule has 0 saturated carbocycles. The molecule has 3 heterocycles. The smallest absolute Gasteiger partial charge is 0.290 e. The molecule has 0 unspecified atom stereocenters. The number of nitrogens with zero attached hydrogens (tertiary/aromatic N) is 2. The van der Waals surface area contributed by atoms with Crippen LogP contribution in [-0.4, -0.2) is 68.2 Å². The predicted octanol–water partition coefficient (Wildman–Crippen LogP) is 2.66. The van der Waals surface area contributed by atoms with E-state index in [-0.39, 0.29) is 12.6 Å². The SMILES string of the molecule is COc1cccc2c1OCC(CN1C[C@@H](Cc3cc(C)no3)[C@@H](OC)C1)=C2.O=CO. The Kier molecular flexibility index (Phi) is 7.48. The predicted molar refractivity (Wildman–Crippen MR) is 111 cm³/mol. The van der Waals surface area contributed by atoms with Crippen LogP contribution in [0.25, 0.3) is 6.08 Å². The summed E-state index contributed by atoms with van der Waals surface area (Å²) in [4.78, 5) is 10.8. The second-order valence-electron chi connectivity index (χ2n) is 7.44. The van der Waals surface area contributed by atoms with Crippen LogP contribution < -0.4 is 9.47 Å². The van der Waals surface area contributed by atoms with Crippen LogP contribution >= 0.6 is 0 Å². The zero-order chi connectivity index (χ0) is 21.5. The Balaban J connectivity index is 0.000000806. The monoisotopic (exact) mass is 416 g/mol. The summed E-state index contributed by atoms with van der Waals surface area (Å²) in [6.07, 6.45) is 3.27.